The van der Waals surface area contributed by atoms with Gasteiger partial charge in [-0.25, -0.2) is 4.39 Å². The topological polar surface area (TPSA) is 74.3 Å². The number of carbonyl (C=O) groups is 2. The lowest BCUT2D eigenvalue weighted by molar-refractivity contribution is -0.129. The standard InChI is InChI=1S/C26H35FN4O2/c1-26(2,3)25(33)30-23(19-7-5-4-6-8-19)13-16-31-14-11-21(12-15-31)29-24(32)17-22-10-9-20(27)18-28-22/h4-10,18,21,23H,11-17H2,1-3H3,(H,29,32)(H,30,33). The van der Waals surface area contributed by atoms with Crippen molar-refractivity contribution in [3.63, 3.8) is 0 Å². The molecule has 0 radical (unpaired) electrons. The molecule has 0 bridgehead atoms. The van der Waals surface area contributed by atoms with Crippen LogP contribution in [0.1, 0.15) is 57.3 Å². The van der Waals surface area contributed by atoms with Crippen LogP contribution in [0.3, 0.4) is 0 Å². The lowest BCUT2D eigenvalue weighted by Gasteiger charge is -2.33. The second kappa shape index (κ2) is 11.4. The summed E-state index contributed by atoms with van der Waals surface area (Å²) in [6, 6.07) is 13.1. The molecule has 1 fully saturated rings. The maximum absolute atomic E-state index is 13.0. The van der Waals surface area contributed by atoms with Gasteiger partial charge in [-0.2, -0.15) is 0 Å². The van der Waals surface area contributed by atoms with E-state index in [1.54, 1.807) is 6.07 Å². The van der Waals surface area contributed by atoms with Crippen LogP contribution in [-0.4, -0.2) is 47.4 Å². The third-order valence-corrected chi connectivity index (χ3v) is 6.01. The summed E-state index contributed by atoms with van der Waals surface area (Å²) in [5, 5.41) is 6.30. The largest absolute Gasteiger partial charge is 0.353 e. The first kappa shape index (κ1) is 24.8. The average molecular weight is 455 g/mol. The Hall–Kier alpha value is -2.80. The van der Waals surface area contributed by atoms with Gasteiger partial charge in [-0.05, 0) is 37.0 Å². The Labute approximate surface area is 196 Å². The molecule has 1 aliphatic rings. The number of likely N-dealkylation sites (tertiary alicyclic amines) is 1. The molecule has 1 aromatic heterocycles. The number of aromatic nitrogens is 1. The van der Waals surface area contributed by atoms with E-state index in [0.717, 1.165) is 50.7 Å². The lowest BCUT2D eigenvalue weighted by Crippen LogP contribution is -2.46. The molecule has 0 saturated carbocycles. The van der Waals surface area contributed by atoms with Gasteiger partial charge in [0, 0.05) is 36.8 Å². The van der Waals surface area contributed by atoms with E-state index in [-0.39, 0.29) is 30.3 Å². The van der Waals surface area contributed by atoms with Gasteiger partial charge in [0.1, 0.15) is 5.82 Å². The van der Waals surface area contributed by atoms with Gasteiger partial charge in [0.2, 0.25) is 11.8 Å². The van der Waals surface area contributed by atoms with Gasteiger partial charge in [0.05, 0.1) is 18.7 Å². The van der Waals surface area contributed by atoms with Gasteiger partial charge in [-0.1, -0.05) is 51.1 Å². The molecular formula is C26H35FN4O2. The summed E-state index contributed by atoms with van der Waals surface area (Å²) in [6.45, 7) is 8.45. The fourth-order valence-electron chi connectivity index (χ4n) is 3.95. The van der Waals surface area contributed by atoms with Crippen LogP contribution in [0.15, 0.2) is 48.7 Å². The number of nitrogens with one attached hydrogen (secondary N) is 2. The van der Waals surface area contributed by atoms with Crippen LogP contribution in [0.2, 0.25) is 0 Å². The van der Waals surface area contributed by atoms with Crippen LogP contribution >= 0.6 is 0 Å². The molecule has 2 amide bonds. The second-order valence-electron chi connectivity index (χ2n) is 9.80. The predicted octanol–water partition coefficient (Wildman–Crippen LogP) is 3.64. The summed E-state index contributed by atoms with van der Waals surface area (Å²) in [5.74, 6) is -0.436. The lowest BCUT2D eigenvalue weighted by atomic mass is 9.93. The Morgan fingerprint density at radius 1 is 1.12 bits per heavy atom. The van der Waals surface area contributed by atoms with E-state index in [0.29, 0.717) is 5.69 Å². The van der Waals surface area contributed by atoms with Gasteiger partial charge in [0.15, 0.2) is 0 Å². The van der Waals surface area contributed by atoms with Crippen LogP contribution in [0.25, 0.3) is 0 Å². The van der Waals surface area contributed by atoms with Crippen LogP contribution in [0.5, 0.6) is 0 Å². The maximum atomic E-state index is 13.0. The fraction of sp³-hybridized carbons (Fsp3) is 0.500. The Bertz CT molecular complexity index is 904. The third kappa shape index (κ3) is 7.93. The average Bonchev–Trinajstić information content (AvgIpc) is 2.79. The van der Waals surface area contributed by atoms with E-state index in [9.17, 15) is 14.0 Å². The van der Waals surface area contributed by atoms with Crippen molar-refractivity contribution in [2.24, 2.45) is 5.41 Å². The van der Waals surface area contributed by atoms with Gasteiger partial charge < -0.3 is 15.5 Å². The molecule has 2 heterocycles. The number of carbonyl (C=O) groups excluding carboxylic acids is 2. The van der Waals surface area contributed by atoms with Crippen molar-refractivity contribution in [3.05, 3.63) is 65.7 Å². The zero-order valence-corrected chi connectivity index (χ0v) is 19.8. The van der Waals surface area contributed by atoms with Crippen molar-refractivity contribution >= 4 is 11.8 Å². The van der Waals surface area contributed by atoms with Crippen LogP contribution in [0.4, 0.5) is 4.39 Å². The van der Waals surface area contributed by atoms with E-state index < -0.39 is 11.2 Å². The van der Waals surface area contributed by atoms with Crippen LogP contribution in [0, 0.1) is 11.2 Å². The summed E-state index contributed by atoms with van der Waals surface area (Å²) in [5.41, 5.74) is 1.25. The molecule has 1 aromatic carbocycles. The number of pyridine rings is 1. The molecule has 3 rings (SSSR count). The monoisotopic (exact) mass is 454 g/mol. The van der Waals surface area contributed by atoms with E-state index >= 15 is 0 Å². The highest BCUT2D eigenvalue weighted by molar-refractivity contribution is 5.81. The fourth-order valence-corrected chi connectivity index (χ4v) is 3.95. The number of hydrogen-bond acceptors (Lipinski definition) is 4. The molecule has 2 N–H and O–H groups in total. The highest BCUT2D eigenvalue weighted by atomic mass is 19.1. The van der Waals surface area contributed by atoms with Crippen LogP contribution < -0.4 is 10.6 Å². The SMILES string of the molecule is CC(C)(C)C(=O)NC(CCN1CCC(NC(=O)Cc2ccc(F)cn2)CC1)c1ccccc1. The van der Waals surface area contributed by atoms with Gasteiger partial charge in [-0.3, -0.25) is 14.6 Å². The molecule has 0 aliphatic carbocycles. The summed E-state index contributed by atoms with van der Waals surface area (Å²) < 4.78 is 13.0. The predicted molar refractivity (Wildman–Crippen MR) is 127 cm³/mol. The minimum Gasteiger partial charge on any atom is -0.353 e. The highest BCUT2D eigenvalue weighted by Crippen LogP contribution is 2.22. The number of benzene rings is 1. The number of piperidine rings is 1. The van der Waals surface area contributed by atoms with Crippen molar-refractivity contribution in [2.45, 2.75) is 58.5 Å². The third-order valence-electron chi connectivity index (χ3n) is 6.01. The molecule has 1 saturated heterocycles. The zero-order chi connectivity index (χ0) is 23.8. The van der Waals surface area contributed by atoms with Crippen molar-refractivity contribution < 1.29 is 14.0 Å². The summed E-state index contributed by atoms with van der Waals surface area (Å²) in [7, 11) is 0. The Morgan fingerprint density at radius 3 is 2.42 bits per heavy atom. The molecule has 6 nitrogen and oxygen atoms in total. The van der Waals surface area contributed by atoms with Crippen molar-refractivity contribution in [3.8, 4) is 0 Å². The van der Waals surface area contributed by atoms with Crippen molar-refractivity contribution in [2.75, 3.05) is 19.6 Å². The van der Waals surface area contributed by atoms with Gasteiger partial charge >= 0.3 is 0 Å². The molecule has 1 aliphatic heterocycles. The quantitative estimate of drug-likeness (QED) is 0.639. The minimum atomic E-state index is -0.437. The van der Waals surface area contributed by atoms with E-state index in [1.165, 1.54) is 6.07 Å². The van der Waals surface area contributed by atoms with Crippen LogP contribution in [-0.2, 0) is 16.0 Å². The number of nitrogens with zero attached hydrogens (tertiary/aromatic N) is 2. The van der Waals surface area contributed by atoms with E-state index in [4.69, 9.17) is 0 Å². The minimum absolute atomic E-state index is 0.0291. The summed E-state index contributed by atoms with van der Waals surface area (Å²) >= 11 is 0. The molecule has 1 unspecified atom stereocenters. The Morgan fingerprint density at radius 2 is 1.82 bits per heavy atom. The Kier molecular flexibility index (Phi) is 8.55. The highest BCUT2D eigenvalue weighted by Gasteiger charge is 2.26. The molecule has 7 heteroatoms. The van der Waals surface area contributed by atoms with Gasteiger partial charge in [-0.15, -0.1) is 0 Å². The number of rotatable bonds is 8. The molecule has 1 atom stereocenters. The van der Waals surface area contributed by atoms with Crippen molar-refractivity contribution in [1.29, 1.82) is 0 Å². The first-order valence-electron chi connectivity index (χ1n) is 11.7. The molecule has 178 valence electrons. The van der Waals surface area contributed by atoms with E-state index in [2.05, 4.69) is 32.7 Å². The molecule has 33 heavy (non-hydrogen) atoms. The molecule has 2 aromatic rings. The molecule has 0 spiro atoms. The summed E-state index contributed by atoms with van der Waals surface area (Å²) in [6.07, 6.45) is 3.89. The number of halogens is 1. The zero-order valence-electron chi connectivity index (χ0n) is 19.8. The summed E-state index contributed by atoms with van der Waals surface area (Å²) in [4.78, 5) is 31.3. The normalized spacial score (nSPS) is 16.2. The first-order chi connectivity index (χ1) is 15.7. The van der Waals surface area contributed by atoms with Gasteiger partial charge in [0.25, 0.3) is 0 Å². The first-order valence-corrected chi connectivity index (χ1v) is 11.7. The smallest absolute Gasteiger partial charge is 0.226 e. The Balaban J connectivity index is 1.46. The maximum Gasteiger partial charge on any atom is 0.226 e. The van der Waals surface area contributed by atoms with Crippen molar-refractivity contribution in [1.82, 2.24) is 20.5 Å². The number of hydrogen-bond donors (Lipinski definition) is 2. The van der Waals surface area contributed by atoms with E-state index in [1.807, 2.05) is 39.0 Å². The second-order valence-corrected chi connectivity index (χ2v) is 9.80. The number of amides is 2. The molecular weight excluding hydrogens is 419 g/mol.